The lowest BCUT2D eigenvalue weighted by Gasteiger charge is -2.10. The van der Waals surface area contributed by atoms with E-state index in [-0.39, 0.29) is 0 Å². The number of esters is 1. The number of ether oxygens (including phenoxy) is 3. The molecule has 0 heterocycles. The lowest BCUT2D eigenvalue weighted by atomic mass is 10.2. The fraction of sp³-hybridized carbons (Fsp3) is 0.133. The standard InChI is InChI=1S/C15H14O4/c1-17-12-8-9-13(14(10-12)18-2)15(16)19-11-6-4-3-5-7-11/h3-10H,1-2H3. The van der Waals surface area contributed by atoms with Crippen molar-refractivity contribution in [3.63, 3.8) is 0 Å². The van der Waals surface area contributed by atoms with Crippen LogP contribution in [0.2, 0.25) is 0 Å². The summed E-state index contributed by atoms with van der Waals surface area (Å²) < 4.78 is 15.5. The van der Waals surface area contributed by atoms with Gasteiger partial charge >= 0.3 is 5.97 Å². The molecule has 0 aromatic heterocycles. The summed E-state index contributed by atoms with van der Waals surface area (Å²) in [4.78, 5) is 12.1. The number of carbonyl (C=O) groups excluding carboxylic acids is 1. The van der Waals surface area contributed by atoms with Gasteiger partial charge in [0.05, 0.1) is 14.2 Å². The molecule has 0 aliphatic heterocycles. The van der Waals surface area contributed by atoms with Gasteiger partial charge in [-0.25, -0.2) is 4.79 Å². The molecule has 4 heteroatoms. The second kappa shape index (κ2) is 5.91. The van der Waals surface area contributed by atoms with E-state index in [1.165, 1.54) is 7.11 Å². The monoisotopic (exact) mass is 258 g/mol. The number of methoxy groups -OCH3 is 2. The van der Waals surface area contributed by atoms with Crippen LogP contribution in [-0.4, -0.2) is 20.2 Å². The molecular weight excluding hydrogens is 244 g/mol. The molecule has 0 radical (unpaired) electrons. The zero-order chi connectivity index (χ0) is 13.7. The summed E-state index contributed by atoms with van der Waals surface area (Å²) in [5, 5.41) is 0. The van der Waals surface area contributed by atoms with Crippen LogP contribution in [0.15, 0.2) is 48.5 Å². The van der Waals surface area contributed by atoms with Gasteiger partial charge in [0.1, 0.15) is 22.8 Å². The van der Waals surface area contributed by atoms with Gasteiger partial charge in [0.2, 0.25) is 0 Å². The molecule has 0 aliphatic rings. The predicted molar refractivity (Wildman–Crippen MR) is 70.9 cm³/mol. The Hall–Kier alpha value is -2.49. The van der Waals surface area contributed by atoms with Crippen molar-refractivity contribution < 1.29 is 19.0 Å². The quantitative estimate of drug-likeness (QED) is 0.624. The van der Waals surface area contributed by atoms with Gasteiger partial charge in [-0.3, -0.25) is 0 Å². The third-order valence-corrected chi connectivity index (χ3v) is 2.58. The van der Waals surface area contributed by atoms with Crippen molar-refractivity contribution >= 4 is 5.97 Å². The Morgan fingerprint density at radius 1 is 0.895 bits per heavy atom. The van der Waals surface area contributed by atoms with Crippen molar-refractivity contribution in [1.29, 1.82) is 0 Å². The second-order valence-corrected chi connectivity index (χ2v) is 3.77. The average Bonchev–Trinajstić information content (AvgIpc) is 2.47. The minimum atomic E-state index is -0.467. The Morgan fingerprint density at radius 2 is 1.63 bits per heavy atom. The molecule has 2 aromatic rings. The van der Waals surface area contributed by atoms with Crippen LogP contribution in [0.25, 0.3) is 0 Å². The van der Waals surface area contributed by atoms with Gasteiger partial charge in [0, 0.05) is 6.07 Å². The van der Waals surface area contributed by atoms with Crippen LogP contribution in [0, 0.1) is 0 Å². The van der Waals surface area contributed by atoms with E-state index in [9.17, 15) is 4.79 Å². The molecule has 2 rings (SSSR count). The smallest absolute Gasteiger partial charge is 0.347 e. The summed E-state index contributed by atoms with van der Waals surface area (Å²) in [7, 11) is 3.05. The van der Waals surface area contributed by atoms with Gasteiger partial charge in [-0.2, -0.15) is 0 Å². The Morgan fingerprint density at radius 3 is 2.26 bits per heavy atom. The number of hydrogen-bond donors (Lipinski definition) is 0. The van der Waals surface area contributed by atoms with Crippen molar-refractivity contribution in [3.05, 3.63) is 54.1 Å². The zero-order valence-corrected chi connectivity index (χ0v) is 10.8. The van der Waals surface area contributed by atoms with Crippen LogP contribution in [0.5, 0.6) is 17.2 Å². The van der Waals surface area contributed by atoms with Crippen LogP contribution in [0.4, 0.5) is 0 Å². The summed E-state index contributed by atoms with van der Waals surface area (Å²) in [6, 6.07) is 13.8. The zero-order valence-electron chi connectivity index (χ0n) is 10.8. The molecule has 0 saturated heterocycles. The largest absolute Gasteiger partial charge is 0.497 e. The maximum atomic E-state index is 12.1. The van der Waals surface area contributed by atoms with Crippen molar-refractivity contribution in [2.45, 2.75) is 0 Å². The van der Waals surface area contributed by atoms with Gasteiger partial charge in [-0.1, -0.05) is 18.2 Å². The molecule has 0 spiro atoms. The topological polar surface area (TPSA) is 44.8 Å². The molecular formula is C15H14O4. The van der Waals surface area contributed by atoms with Gasteiger partial charge in [-0.05, 0) is 24.3 Å². The van der Waals surface area contributed by atoms with Crippen LogP contribution in [-0.2, 0) is 0 Å². The molecule has 4 nitrogen and oxygen atoms in total. The Labute approximate surface area is 111 Å². The third kappa shape index (κ3) is 3.04. The number of carbonyl (C=O) groups is 1. The third-order valence-electron chi connectivity index (χ3n) is 2.58. The maximum Gasteiger partial charge on any atom is 0.347 e. The first kappa shape index (κ1) is 13.0. The second-order valence-electron chi connectivity index (χ2n) is 3.77. The summed E-state index contributed by atoms with van der Waals surface area (Å²) in [5.41, 5.74) is 0.354. The van der Waals surface area contributed by atoms with Crippen molar-refractivity contribution in [3.8, 4) is 17.2 Å². The van der Waals surface area contributed by atoms with E-state index in [1.807, 2.05) is 6.07 Å². The highest BCUT2D eigenvalue weighted by Crippen LogP contribution is 2.25. The van der Waals surface area contributed by atoms with E-state index in [4.69, 9.17) is 14.2 Å². The van der Waals surface area contributed by atoms with Crippen LogP contribution in [0.1, 0.15) is 10.4 Å². The maximum absolute atomic E-state index is 12.1. The minimum Gasteiger partial charge on any atom is -0.497 e. The van der Waals surface area contributed by atoms with Crippen LogP contribution < -0.4 is 14.2 Å². The Kier molecular flexibility index (Phi) is 4.03. The van der Waals surface area contributed by atoms with Crippen molar-refractivity contribution in [2.24, 2.45) is 0 Å². The summed E-state index contributed by atoms with van der Waals surface area (Å²) in [6.45, 7) is 0. The first-order chi connectivity index (χ1) is 9.24. The molecule has 19 heavy (non-hydrogen) atoms. The molecule has 0 atom stereocenters. The van der Waals surface area contributed by atoms with E-state index in [2.05, 4.69) is 0 Å². The SMILES string of the molecule is COc1ccc(C(=O)Oc2ccccc2)c(OC)c1. The van der Waals surface area contributed by atoms with E-state index < -0.39 is 5.97 Å². The molecule has 0 bridgehead atoms. The number of para-hydroxylation sites is 1. The summed E-state index contributed by atoms with van der Waals surface area (Å²) in [6.07, 6.45) is 0. The van der Waals surface area contributed by atoms with E-state index >= 15 is 0 Å². The first-order valence-corrected chi connectivity index (χ1v) is 5.74. The van der Waals surface area contributed by atoms with Crippen molar-refractivity contribution in [1.82, 2.24) is 0 Å². The average molecular weight is 258 g/mol. The number of benzene rings is 2. The molecule has 0 fully saturated rings. The molecule has 0 unspecified atom stereocenters. The lowest BCUT2D eigenvalue weighted by Crippen LogP contribution is -2.10. The number of rotatable bonds is 4. The molecule has 98 valence electrons. The van der Waals surface area contributed by atoms with Crippen LogP contribution in [0.3, 0.4) is 0 Å². The van der Waals surface area contributed by atoms with Crippen LogP contribution >= 0.6 is 0 Å². The Balaban J connectivity index is 2.24. The molecule has 2 aromatic carbocycles. The molecule has 0 saturated carbocycles. The van der Waals surface area contributed by atoms with Gasteiger partial charge in [0.15, 0.2) is 0 Å². The predicted octanol–water partition coefficient (Wildman–Crippen LogP) is 2.92. The highest BCUT2D eigenvalue weighted by molar-refractivity contribution is 5.94. The summed E-state index contributed by atoms with van der Waals surface area (Å²) >= 11 is 0. The van der Waals surface area contributed by atoms with Gasteiger partial charge in [0.25, 0.3) is 0 Å². The fourth-order valence-corrected chi connectivity index (χ4v) is 1.62. The van der Waals surface area contributed by atoms with E-state index in [0.717, 1.165) is 0 Å². The lowest BCUT2D eigenvalue weighted by molar-refractivity contribution is 0.0731. The van der Waals surface area contributed by atoms with Gasteiger partial charge in [-0.15, -0.1) is 0 Å². The van der Waals surface area contributed by atoms with E-state index in [1.54, 1.807) is 49.6 Å². The van der Waals surface area contributed by atoms with Crippen molar-refractivity contribution in [2.75, 3.05) is 14.2 Å². The molecule has 0 amide bonds. The number of hydrogen-bond acceptors (Lipinski definition) is 4. The summed E-state index contributed by atoms with van der Waals surface area (Å²) in [5.74, 6) is 1.06. The fourth-order valence-electron chi connectivity index (χ4n) is 1.62. The Bertz CT molecular complexity index is 564. The normalized spacial score (nSPS) is 9.79. The molecule has 0 N–H and O–H groups in total. The van der Waals surface area contributed by atoms with Gasteiger partial charge < -0.3 is 14.2 Å². The minimum absolute atomic E-state index is 0.354. The first-order valence-electron chi connectivity index (χ1n) is 5.74. The van der Waals surface area contributed by atoms with E-state index in [0.29, 0.717) is 22.8 Å². The highest BCUT2D eigenvalue weighted by Gasteiger charge is 2.15. The highest BCUT2D eigenvalue weighted by atomic mass is 16.5. The molecule has 0 aliphatic carbocycles.